The number of pyridine rings is 1. The number of nitrogens with zero attached hydrogens (tertiary/aromatic N) is 4. The van der Waals surface area contributed by atoms with E-state index >= 15 is 0 Å². The normalized spacial score (nSPS) is 13.1. The lowest BCUT2D eigenvalue weighted by Gasteiger charge is -2.28. The quantitative estimate of drug-likeness (QED) is 0.527. The summed E-state index contributed by atoms with van der Waals surface area (Å²) in [5.74, 6) is 0.883. The Hall–Kier alpha value is -1.80. The highest BCUT2D eigenvalue weighted by molar-refractivity contribution is 7.99. The van der Waals surface area contributed by atoms with Gasteiger partial charge in [-0.05, 0) is 19.1 Å². The number of fused-ring (bicyclic) bond motifs is 1. The lowest BCUT2D eigenvalue weighted by Crippen LogP contribution is -2.24. The van der Waals surface area contributed by atoms with E-state index < -0.39 is 0 Å². The first kappa shape index (κ1) is 17.6. The summed E-state index contributed by atoms with van der Waals surface area (Å²) < 4.78 is 0. The Labute approximate surface area is 143 Å². The third-order valence-corrected chi connectivity index (χ3v) is 4.78. The maximum absolute atomic E-state index is 9.52. The fraction of sp³-hybridized carbons (Fsp3) is 0.500. The fourth-order valence-electron chi connectivity index (χ4n) is 2.72. The van der Waals surface area contributed by atoms with E-state index in [1.54, 1.807) is 11.8 Å². The first-order valence-electron chi connectivity index (χ1n) is 8.21. The van der Waals surface area contributed by atoms with Gasteiger partial charge in [-0.15, -0.1) is 11.8 Å². The Morgan fingerprint density at radius 1 is 1.30 bits per heavy atom. The molecule has 0 amide bonds. The molecule has 1 aromatic heterocycles. The number of aliphatic imine (C=N–C) groups is 1. The van der Waals surface area contributed by atoms with E-state index in [1.165, 1.54) is 19.3 Å². The summed E-state index contributed by atoms with van der Waals surface area (Å²) in [4.78, 5) is 11.3. The average Bonchev–Trinajstić information content (AvgIpc) is 2.53. The summed E-state index contributed by atoms with van der Waals surface area (Å²) >= 11 is 1.58. The van der Waals surface area contributed by atoms with Crippen molar-refractivity contribution in [3.63, 3.8) is 0 Å². The molecule has 0 unspecified atom stereocenters. The van der Waals surface area contributed by atoms with Crippen LogP contribution in [0.25, 0.3) is 5.70 Å². The number of aryl methyl sites for hydroxylation is 1. The number of thioether (sulfide) groups is 1. The molecule has 4 nitrogen and oxygen atoms in total. The highest BCUT2D eigenvalue weighted by atomic mass is 32.2. The standard InChI is InChI=1S/C18H24N4S/c1-5-7-8-9-10-22-12-20-17-15(11-19)18(23-6-2)21-13(3)16(17)14(22)4/h12H,4-10H2,1-3H3. The SMILES string of the molecule is C=C1c2c(C)nc(SCC)c(C#N)c2N=CN1CCCCCC. The molecule has 1 aromatic rings. The Kier molecular flexibility index (Phi) is 6.23. The van der Waals surface area contributed by atoms with Crippen LogP contribution in [0.15, 0.2) is 16.6 Å². The first-order chi connectivity index (χ1) is 11.1. The van der Waals surface area contributed by atoms with Crippen molar-refractivity contribution in [3.05, 3.63) is 23.4 Å². The van der Waals surface area contributed by atoms with Gasteiger partial charge in [0, 0.05) is 17.8 Å². The predicted molar refractivity (Wildman–Crippen MR) is 98.1 cm³/mol. The van der Waals surface area contributed by atoms with Gasteiger partial charge in [0.1, 0.15) is 16.7 Å². The Bertz CT molecular complexity index is 658. The molecule has 23 heavy (non-hydrogen) atoms. The van der Waals surface area contributed by atoms with E-state index in [0.717, 1.165) is 46.4 Å². The third-order valence-electron chi connectivity index (χ3n) is 3.93. The molecule has 0 saturated carbocycles. The summed E-state index contributed by atoms with van der Waals surface area (Å²) in [5, 5.41) is 10.3. The molecule has 0 aromatic carbocycles. The Balaban J connectivity index is 2.30. The molecule has 0 bridgehead atoms. The van der Waals surface area contributed by atoms with Crippen LogP contribution in [-0.4, -0.2) is 28.5 Å². The molecule has 0 N–H and O–H groups in total. The third kappa shape index (κ3) is 3.76. The first-order valence-corrected chi connectivity index (χ1v) is 9.20. The second-order valence-electron chi connectivity index (χ2n) is 5.59. The lowest BCUT2D eigenvalue weighted by molar-refractivity contribution is 0.532. The zero-order valence-electron chi connectivity index (χ0n) is 14.2. The molecular weight excluding hydrogens is 304 g/mol. The molecule has 122 valence electrons. The summed E-state index contributed by atoms with van der Waals surface area (Å²) in [6.07, 6.45) is 6.63. The van der Waals surface area contributed by atoms with Gasteiger partial charge < -0.3 is 4.90 Å². The second kappa shape index (κ2) is 8.16. The Morgan fingerprint density at radius 2 is 2.09 bits per heavy atom. The van der Waals surface area contributed by atoms with Crippen LogP contribution in [0.4, 0.5) is 5.69 Å². The van der Waals surface area contributed by atoms with Crippen molar-refractivity contribution < 1.29 is 0 Å². The predicted octanol–water partition coefficient (Wildman–Crippen LogP) is 4.90. The molecule has 5 heteroatoms. The summed E-state index contributed by atoms with van der Waals surface area (Å²) in [7, 11) is 0. The van der Waals surface area contributed by atoms with Crippen molar-refractivity contribution in [1.29, 1.82) is 5.26 Å². The maximum Gasteiger partial charge on any atom is 0.116 e. The van der Waals surface area contributed by atoms with E-state index in [4.69, 9.17) is 0 Å². The van der Waals surface area contributed by atoms with Gasteiger partial charge in [-0.25, -0.2) is 9.98 Å². The molecule has 0 saturated heterocycles. The average molecular weight is 328 g/mol. The highest BCUT2D eigenvalue weighted by Crippen LogP contribution is 2.39. The molecular formula is C18H24N4S. The number of hydrogen-bond donors (Lipinski definition) is 0. The number of nitriles is 1. The van der Waals surface area contributed by atoms with Gasteiger partial charge in [0.25, 0.3) is 0 Å². The zero-order chi connectivity index (χ0) is 16.8. The Morgan fingerprint density at radius 3 is 2.74 bits per heavy atom. The van der Waals surface area contributed by atoms with E-state index in [1.807, 2.05) is 13.3 Å². The zero-order valence-corrected chi connectivity index (χ0v) is 15.0. The van der Waals surface area contributed by atoms with Crippen molar-refractivity contribution in [2.45, 2.75) is 51.5 Å². The van der Waals surface area contributed by atoms with Crippen LogP contribution in [0.1, 0.15) is 56.4 Å². The summed E-state index contributed by atoms with van der Waals surface area (Å²) in [6, 6.07) is 2.27. The van der Waals surface area contributed by atoms with Crippen molar-refractivity contribution in [2.75, 3.05) is 12.3 Å². The summed E-state index contributed by atoms with van der Waals surface area (Å²) in [6.45, 7) is 11.4. The number of hydrogen-bond acceptors (Lipinski definition) is 5. The van der Waals surface area contributed by atoms with Gasteiger partial charge in [-0.3, -0.25) is 0 Å². The topological polar surface area (TPSA) is 52.3 Å². The summed E-state index contributed by atoms with van der Waals surface area (Å²) in [5.41, 5.74) is 4.02. The van der Waals surface area contributed by atoms with Gasteiger partial charge in [-0.2, -0.15) is 5.26 Å². The fourth-order valence-corrected chi connectivity index (χ4v) is 3.48. The van der Waals surface area contributed by atoms with E-state index in [9.17, 15) is 5.26 Å². The van der Waals surface area contributed by atoms with Gasteiger partial charge >= 0.3 is 0 Å². The van der Waals surface area contributed by atoms with Gasteiger partial charge in [0.15, 0.2) is 0 Å². The number of aromatic nitrogens is 1. The van der Waals surface area contributed by atoms with Gasteiger partial charge in [-0.1, -0.05) is 39.7 Å². The maximum atomic E-state index is 9.52. The van der Waals surface area contributed by atoms with Crippen molar-refractivity contribution >= 4 is 29.5 Å². The molecule has 1 aliphatic heterocycles. The molecule has 1 aliphatic rings. The molecule has 0 aliphatic carbocycles. The second-order valence-corrected chi connectivity index (χ2v) is 6.84. The van der Waals surface area contributed by atoms with Crippen molar-refractivity contribution in [2.24, 2.45) is 4.99 Å². The van der Waals surface area contributed by atoms with Crippen LogP contribution >= 0.6 is 11.8 Å². The minimum absolute atomic E-state index is 0.570. The minimum Gasteiger partial charge on any atom is -0.332 e. The molecule has 0 radical (unpaired) electrons. The van der Waals surface area contributed by atoms with Crippen LogP contribution in [0.5, 0.6) is 0 Å². The van der Waals surface area contributed by atoms with Crippen molar-refractivity contribution in [3.8, 4) is 6.07 Å². The van der Waals surface area contributed by atoms with Gasteiger partial charge in [0.05, 0.1) is 17.7 Å². The largest absolute Gasteiger partial charge is 0.332 e. The van der Waals surface area contributed by atoms with Crippen molar-refractivity contribution in [1.82, 2.24) is 9.88 Å². The molecule has 2 heterocycles. The molecule has 0 atom stereocenters. The van der Waals surface area contributed by atoms with Gasteiger partial charge in [0.2, 0.25) is 0 Å². The smallest absolute Gasteiger partial charge is 0.116 e. The highest BCUT2D eigenvalue weighted by Gasteiger charge is 2.24. The molecule has 0 fully saturated rings. The number of unbranched alkanes of at least 4 members (excludes halogenated alkanes) is 3. The number of rotatable bonds is 7. The van der Waals surface area contributed by atoms with Crippen LogP contribution in [0, 0.1) is 18.3 Å². The molecule has 0 spiro atoms. The van der Waals surface area contributed by atoms with E-state index in [2.05, 4.69) is 41.4 Å². The molecule has 2 rings (SSSR count). The van der Waals surface area contributed by atoms with Crippen LogP contribution in [0.3, 0.4) is 0 Å². The van der Waals surface area contributed by atoms with E-state index in [-0.39, 0.29) is 0 Å². The monoisotopic (exact) mass is 328 g/mol. The van der Waals surface area contributed by atoms with Crippen LogP contribution in [0.2, 0.25) is 0 Å². The minimum atomic E-state index is 0.570. The van der Waals surface area contributed by atoms with Crippen LogP contribution in [-0.2, 0) is 0 Å². The van der Waals surface area contributed by atoms with E-state index in [0.29, 0.717) is 5.56 Å². The van der Waals surface area contributed by atoms with Crippen LogP contribution < -0.4 is 0 Å². The lowest BCUT2D eigenvalue weighted by atomic mass is 10.0.